The van der Waals surface area contributed by atoms with E-state index in [0.29, 0.717) is 16.8 Å². The Morgan fingerprint density at radius 3 is 2.85 bits per heavy atom. The number of benzene rings is 1. The van der Waals surface area contributed by atoms with Gasteiger partial charge in [0.25, 0.3) is 0 Å². The van der Waals surface area contributed by atoms with Gasteiger partial charge in [-0.05, 0) is 44.4 Å². The Morgan fingerprint density at radius 1 is 1.35 bits per heavy atom. The van der Waals surface area contributed by atoms with Crippen molar-refractivity contribution < 1.29 is 4.79 Å². The van der Waals surface area contributed by atoms with E-state index in [-0.39, 0.29) is 11.9 Å². The van der Waals surface area contributed by atoms with Crippen molar-refractivity contribution in [1.29, 1.82) is 0 Å². The lowest BCUT2D eigenvalue weighted by atomic mass is 9.95. The van der Waals surface area contributed by atoms with Crippen LogP contribution in [0.15, 0.2) is 29.4 Å². The van der Waals surface area contributed by atoms with E-state index < -0.39 is 0 Å². The Morgan fingerprint density at radius 2 is 2.12 bits per heavy atom. The maximum absolute atomic E-state index is 12.4. The molecule has 1 N–H and O–H groups in total. The Labute approximate surface area is 163 Å². The number of hydrogen-bond donors (Lipinski definition) is 1. The average Bonchev–Trinajstić information content (AvgIpc) is 3.01. The molecule has 1 aromatic heterocycles. The van der Waals surface area contributed by atoms with Crippen LogP contribution >= 0.6 is 23.4 Å². The lowest BCUT2D eigenvalue weighted by Gasteiger charge is -2.25. The summed E-state index contributed by atoms with van der Waals surface area (Å²) in [4.78, 5) is 12.4. The lowest BCUT2D eigenvalue weighted by molar-refractivity contribution is -0.119. The number of rotatable bonds is 6. The van der Waals surface area contributed by atoms with E-state index in [9.17, 15) is 4.79 Å². The third-order valence-electron chi connectivity index (χ3n) is 4.83. The van der Waals surface area contributed by atoms with Crippen LogP contribution in [0.2, 0.25) is 5.02 Å². The molecule has 2 aromatic rings. The smallest absolute Gasteiger partial charge is 0.230 e. The maximum atomic E-state index is 12.4. The van der Waals surface area contributed by atoms with Crippen molar-refractivity contribution in [3.8, 4) is 0 Å². The van der Waals surface area contributed by atoms with Crippen LogP contribution in [0.1, 0.15) is 62.5 Å². The molecule has 1 aliphatic carbocycles. The van der Waals surface area contributed by atoms with Crippen molar-refractivity contribution in [3.63, 3.8) is 0 Å². The van der Waals surface area contributed by atoms with E-state index in [2.05, 4.69) is 20.1 Å². The first-order valence-corrected chi connectivity index (χ1v) is 10.5. The Bertz CT molecular complexity index is 758. The summed E-state index contributed by atoms with van der Waals surface area (Å²) in [6.07, 6.45) is 6.16. The molecule has 0 unspecified atom stereocenters. The fourth-order valence-electron chi connectivity index (χ4n) is 3.48. The topological polar surface area (TPSA) is 59.8 Å². The second-order valence-electron chi connectivity index (χ2n) is 6.82. The Kier molecular flexibility index (Phi) is 6.59. The van der Waals surface area contributed by atoms with Crippen LogP contribution in [0.4, 0.5) is 0 Å². The van der Waals surface area contributed by atoms with Gasteiger partial charge in [0.05, 0.1) is 11.8 Å². The van der Waals surface area contributed by atoms with Crippen LogP contribution in [-0.4, -0.2) is 26.4 Å². The summed E-state index contributed by atoms with van der Waals surface area (Å²) < 4.78 is 2.22. The lowest BCUT2D eigenvalue weighted by Crippen LogP contribution is -2.28. The summed E-state index contributed by atoms with van der Waals surface area (Å²) in [5, 5.41) is 13.1. The minimum absolute atomic E-state index is 0.0154. The number of carbonyl (C=O) groups excluding carboxylic acids is 1. The number of amides is 1. The maximum Gasteiger partial charge on any atom is 0.230 e. The summed E-state index contributed by atoms with van der Waals surface area (Å²) in [5.74, 6) is 1.25. The molecule has 5 nitrogen and oxygen atoms in total. The van der Waals surface area contributed by atoms with E-state index in [1.165, 1.54) is 43.9 Å². The van der Waals surface area contributed by atoms with Gasteiger partial charge in [0.2, 0.25) is 5.91 Å². The van der Waals surface area contributed by atoms with E-state index in [1.54, 1.807) is 0 Å². The van der Waals surface area contributed by atoms with E-state index in [1.807, 2.05) is 38.1 Å². The molecule has 0 bridgehead atoms. The zero-order chi connectivity index (χ0) is 18.5. The van der Waals surface area contributed by atoms with Gasteiger partial charge in [-0.15, -0.1) is 10.2 Å². The second kappa shape index (κ2) is 8.91. The van der Waals surface area contributed by atoms with Gasteiger partial charge in [-0.3, -0.25) is 4.79 Å². The normalized spacial score (nSPS) is 16.4. The van der Waals surface area contributed by atoms with Crippen LogP contribution in [-0.2, 0) is 4.79 Å². The molecular weight excluding hydrogens is 368 g/mol. The number of halogens is 1. The third kappa shape index (κ3) is 4.80. The molecule has 1 saturated carbocycles. The molecule has 1 amide bonds. The average molecular weight is 393 g/mol. The molecule has 1 aliphatic rings. The van der Waals surface area contributed by atoms with Gasteiger partial charge in [-0.1, -0.05) is 54.8 Å². The van der Waals surface area contributed by atoms with Gasteiger partial charge in [-0.2, -0.15) is 0 Å². The van der Waals surface area contributed by atoms with Crippen LogP contribution in [0.5, 0.6) is 0 Å². The van der Waals surface area contributed by atoms with Gasteiger partial charge in [0.1, 0.15) is 5.82 Å². The first-order chi connectivity index (χ1) is 12.5. The van der Waals surface area contributed by atoms with E-state index in [0.717, 1.165) is 16.5 Å². The molecule has 1 fully saturated rings. The minimum Gasteiger partial charge on any atom is -0.349 e. The summed E-state index contributed by atoms with van der Waals surface area (Å²) in [6.45, 7) is 3.95. The first-order valence-electron chi connectivity index (χ1n) is 9.13. The fraction of sp³-hybridized carbons (Fsp3) is 0.526. The molecule has 0 saturated heterocycles. The van der Waals surface area contributed by atoms with E-state index >= 15 is 0 Å². The van der Waals surface area contributed by atoms with Crippen molar-refractivity contribution in [3.05, 3.63) is 40.7 Å². The van der Waals surface area contributed by atoms with Crippen molar-refractivity contribution >= 4 is 29.3 Å². The molecule has 0 radical (unpaired) electrons. The molecule has 0 aliphatic heterocycles. The summed E-state index contributed by atoms with van der Waals surface area (Å²) in [6, 6.07) is 7.95. The number of hydrogen-bond acceptors (Lipinski definition) is 4. The molecule has 1 heterocycles. The molecule has 140 valence electrons. The quantitative estimate of drug-likeness (QED) is 0.723. The minimum atomic E-state index is -0.0836. The number of aromatic nitrogens is 3. The predicted molar refractivity (Wildman–Crippen MR) is 106 cm³/mol. The second-order valence-corrected chi connectivity index (χ2v) is 8.20. The monoisotopic (exact) mass is 392 g/mol. The molecule has 1 aromatic carbocycles. The van der Waals surface area contributed by atoms with Gasteiger partial charge in [0.15, 0.2) is 5.16 Å². The predicted octanol–water partition coefficient (Wildman–Crippen LogP) is 4.71. The number of nitrogens with one attached hydrogen (secondary N) is 1. The third-order valence-corrected chi connectivity index (χ3v) is 6.01. The highest BCUT2D eigenvalue weighted by Gasteiger charge is 2.22. The number of nitrogens with zero attached hydrogens (tertiary/aromatic N) is 3. The van der Waals surface area contributed by atoms with E-state index in [4.69, 9.17) is 11.6 Å². The van der Waals surface area contributed by atoms with Crippen molar-refractivity contribution in [1.82, 2.24) is 20.1 Å². The van der Waals surface area contributed by atoms with Crippen LogP contribution < -0.4 is 5.32 Å². The van der Waals surface area contributed by atoms with Crippen molar-refractivity contribution in [2.75, 3.05) is 5.75 Å². The number of carbonyl (C=O) groups is 1. The number of thioether (sulfide) groups is 1. The highest BCUT2D eigenvalue weighted by atomic mass is 35.5. The van der Waals surface area contributed by atoms with Crippen LogP contribution in [0, 0.1) is 6.92 Å². The largest absolute Gasteiger partial charge is 0.349 e. The molecule has 26 heavy (non-hydrogen) atoms. The van der Waals surface area contributed by atoms with Gasteiger partial charge >= 0.3 is 0 Å². The highest BCUT2D eigenvalue weighted by molar-refractivity contribution is 7.99. The summed E-state index contributed by atoms with van der Waals surface area (Å²) >= 11 is 7.49. The van der Waals surface area contributed by atoms with Gasteiger partial charge < -0.3 is 9.88 Å². The van der Waals surface area contributed by atoms with Crippen molar-refractivity contribution in [2.24, 2.45) is 0 Å². The fourth-order valence-corrected chi connectivity index (χ4v) is 4.54. The number of aryl methyl sites for hydroxylation is 1. The molecular formula is C19H25ClN4OS. The SMILES string of the molecule is Cc1nnc(SCC(=O)N[C@H](C)c2cccc(Cl)c2)n1C1CCCCC1. The highest BCUT2D eigenvalue weighted by Crippen LogP contribution is 2.32. The van der Waals surface area contributed by atoms with Crippen LogP contribution in [0.25, 0.3) is 0 Å². The molecule has 3 rings (SSSR count). The van der Waals surface area contributed by atoms with Gasteiger partial charge in [0, 0.05) is 11.1 Å². The Balaban J connectivity index is 1.58. The van der Waals surface area contributed by atoms with Gasteiger partial charge in [-0.25, -0.2) is 0 Å². The standard InChI is InChI=1S/C19H25ClN4OS/c1-13(15-7-6-8-16(20)11-15)21-18(25)12-26-19-23-22-14(2)24(19)17-9-4-3-5-10-17/h6-8,11,13,17H,3-5,9-10,12H2,1-2H3,(H,21,25)/t13-/m1/s1. The summed E-state index contributed by atoms with van der Waals surface area (Å²) in [7, 11) is 0. The van der Waals surface area contributed by atoms with Crippen LogP contribution in [0.3, 0.4) is 0 Å². The molecule has 0 spiro atoms. The zero-order valence-corrected chi connectivity index (χ0v) is 16.8. The molecule has 7 heteroatoms. The zero-order valence-electron chi connectivity index (χ0n) is 15.2. The molecule has 1 atom stereocenters. The summed E-state index contributed by atoms with van der Waals surface area (Å²) in [5.41, 5.74) is 0.997. The van der Waals surface area contributed by atoms with Crippen molar-refractivity contribution in [2.45, 2.75) is 63.2 Å². The Hall–Kier alpha value is -1.53. The first kappa shape index (κ1) is 19.2.